The highest BCUT2D eigenvalue weighted by Crippen LogP contribution is 2.28. The first-order valence-corrected chi connectivity index (χ1v) is 7.60. The minimum absolute atomic E-state index is 0.174. The number of anilines is 1. The first-order chi connectivity index (χ1) is 11.1. The molecule has 2 N–H and O–H groups in total. The Hall–Kier alpha value is -2.57. The molecule has 0 spiro atoms. The molecule has 0 aliphatic rings. The van der Waals surface area contributed by atoms with Gasteiger partial charge in [-0.2, -0.15) is 0 Å². The quantitative estimate of drug-likeness (QED) is 0.796. The van der Waals surface area contributed by atoms with Gasteiger partial charge >= 0.3 is 5.97 Å². The number of carbonyl (C=O) groups is 3. The van der Waals surface area contributed by atoms with Crippen LogP contribution in [0.25, 0.3) is 0 Å². The zero-order valence-corrected chi connectivity index (χ0v) is 14.7. The summed E-state index contributed by atoms with van der Waals surface area (Å²) in [5, 5.41) is 11.7. The van der Waals surface area contributed by atoms with Crippen LogP contribution in [0.15, 0.2) is 18.2 Å². The van der Waals surface area contributed by atoms with E-state index in [4.69, 9.17) is 9.84 Å². The maximum absolute atomic E-state index is 12.1. The minimum atomic E-state index is -1.17. The van der Waals surface area contributed by atoms with Crippen molar-refractivity contribution < 1.29 is 24.2 Å². The fourth-order valence-corrected chi connectivity index (χ4v) is 1.96. The predicted octanol–water partition coefficient (Wildman–Crippen LogP) is 2.23. The van der Waals surface area contributed by atoms with Gasteiger partial charge in [0.1, 0.15) is 5.75 Å². The van der Waals surface area contributed by atoms with E-state index in [0.717, 1.165) is 0 Å². The van der Waals surface area contributed by atoms with Crippen LogP contribution < -0.4 is 10.1 Å². The van der Waals surface area contributed by atoms with Gasteiger partial charge in [0.2, 0.25) is 5.91 Å². The maximum Gasteiger partial charge on any atom is 0.309 e. The number of carboxylic acids is 1. The molecule has 1 aromatic rings. The number of hydrogen-bond acceptors (Lipinski definition) is 4. The summed E-state index contributed by atoms with van der Waals surface area (Å²) in [6.45, 7) is 5.12. The molecule has 0 saturated heterocycles. The average molecular weight is 336 g/mol. The molecule has 0 aromatic heterocycles. The third-order valence-electron chi connectivity index (χ3n) is 3.39. The molecule has 1 rings (SSSR count). The fraction of sp³-hybridized carbons (Fsp3) is 0.471. The molecule has 0 radical (unpaired) electrons. The lowest BCUT2D eigenvalue weighted by Crippen LogP contribution is -2.29. The molecular weight excluding hydrogens is 312 g/mol. The molecule has 0 atom stereocenters. The summed E-state index contributed by atoms with van der Waals surface area (Å²) in [5.41, 5.74) is -0.331. The summed E-state index contributed by atoms with van der Waals surface area (Å²) >= 11 is 0. The van der Waals surface area contributed by atoms with Gasteiger partial charge in [0, 0.05) is 26.1 Å². The topological polar surface area (TPSA) is 95.9 Å². The molecule has 0 saturated carbocycles. The van der Waals surface area contributed by atoms with Crippen molar-refractivity contribution >= 4 is 23.5 Å². The number of aliphatic carboxylic acids is 1. The number of nitrogens with one attached hydrogen (secondary N) is 1. The Morgan fingerprint density at radius 3 is 2.38 bits per heavy atom. The van der Waals surface area contributed by atoms with Crippen molar-refractivity contribution in [1.29, 1.82) is 0 Å². The third kappa shape index (κ3) is 4.97. The second-order valence-electron chi connectivity index (χ2n) is 6.26. The van der Waals surface area contributed by atoms with Crippen LogP contribution in [0, 0.1) is 5.41 Å². The molecule has 0 bridgehead atoms. The summed E-state index contributed by atoms with van der Waals surface area (Å²) in [6, 6.07) is 4.72. The summed E-state index contributed by atoms with van der Waals surface area (Å²) in [4.78, 5) is 36.7. The normalized spacial score (nSPS) is 10.9. The van der Waals surface area contributed by atoms with Gasteiger partial charge in [-0.15, -0.1) is 0 Å². The number of carbonyl (C=O) groups excluding carboxylic acids is 2. The number of amides is 2. The molecule has 2 amide bonds. The van der Waals surface area contributed by atoms with E-state index in [1.165, 1.54) is 18.7 Å². The Bertz CT molecular complexity index is 638. The van der Waals surface area contributed by atoms with Gasteiger partial charge in [0.15, 0.2) is 0 Å². The highest BCUT2D eigenvalue weighted by atomic mass is 16.5. The van der Waals surface area contributed by atoms with E-state index in [2.05, 4.69) is 5.32 Å². The van der Waals surface area contributed by atoms with Crippen molar-refractivity contribution in [3.63, 3.8) is 0 Å². The number of nitrogens with zero attached hydrogens (tertiary/aromatic N) is 1. The van der Waals surface area contributed by atoms with E-state index >= 15 is 0 Å². The zero-order valence-electron chi connectivity index (χ0n) is 14.7. The van der Waals surface area contributed by atoms with Crippen molar-refractivity contribution in [2.75, 3.05) is 26.0 Å². The maximum atomic E-state index is 12.1. The molecule has 24 heavy (non-hydrogen) atoms. The molecule has 0 aliphatic heterocycles. The van der Waals surface area contributed by atoms with Crippen LogP contribution in [-0.2, 0) is 9.59 Å². The number of ether oxygens (including phenoxy) is 1. The summed E-state index contributed by atoms with van der Waals surface area (Å²) in [7, 11) is 3.29. The van der Waals surface area contributed by atoms with Gasteiger partial charge < -0.3 is 20.1 Å². The third-order valence-corrected chi connectivity index (χ3v) is 3.39. The minimum Gasteiger partial charge on any atom is -0.492 e. The summed E-state index contributed by atoms with van der Waals surface area (Å²) in [5.74, 6) is -1.29. The Morgan fingerprint density at radius 2 is 1.88 bits per heavy atom. The van der Waals surface area contributed by atoms with Gasteiger partial charge in [-0.3, -0.25) is 14.4 Å². The molecule has 132 valence electrons. The average Bonchev–Trinajstić information content (AvgIpc) is 2.47. The number of benzene rings is 1. The van der Waals surface area contributed by atoms with Crippen molar-refractivity contribution in [2.45, 2.75) is 27.2 Å². The molecule has 0 unspecified atom stereocenters. The molecule has 7 nitrogen and oxygen atoms in total. The molecule has 0 aliphatic carbocycles. The second kappa shape index (κ2) is 7.81. The molecule has 0 heterocycles. The Balaban J connectivity index is 3.00. The summed E-state index contributed by atoms with van der Waals surface area (Å²) in [6.07, 6.45) is -0.174. The summed E-state index contributed by atoms with van der Waals surface area (Å²) < 4.78 is 5.48. The van der Waals surface area contributed by atoms with Crippen molar-refractivity contribution in [2.24, 2.45) is 5.41 Å². The molecule has 7 heteroatoms. The lowest BCUT2D eigenvalue weighted by Gasteiger charge is -2.19. The SMILES string of the molecule is CCOc1cc(C(=O)N(C)C)ccc1NC(=O)CC(C)(C)C(=O)O. The Kier molecular flexibility index (Phi) is 6.34. The number of rotatable bonds is 7. The monoisotopic (exact) mass is 336 g/mol. The van der Waals surface area contributed by atoms with E-state index in [-0.39, 0.29) is 12.3 Å². The molecule has 1 aromatic carbocycles. The van der Waals surface area contributed by atoms with E-state index in [9.17, 15) is 14.4 Å². The lowest BCUT2D eigenvalue weighted by atomic mass is 9.89. The predicted molar refractivity (Wildman–Crippen MR) is 90.3 cm³/mol. The van der Waals surface area contributed by atoms with Crippen LogP contribution in [0.1, 0.15) is 37.6 Å². The second-order valence-corrected chi connectivity index (χ2v) is 6.26. The zero-order chi connectivity index (χ0) is 18.5. The van der Waals surface area contributed by atoms with Crippen LogP contribution >= 0.6 is 0 Å². The number of carboxylic acid groups (broad SMARTS) is 1. The Morgan fingerprint density at radius 1 is 1.25 bits per heavy atom. The van der Waals surface area contributed by atoms with E-state index in [0.29, 0.717) is 23.6 Å². The van der Waals surface area contributed by atoms with Crippen molar-refractivity contribution in [3.8, 4) is 5.75 Å². The standard InChI is InChI=1S/C17H24N2O5/c1-6-24-13-9-11(15(21)19(4)5)7-8-12(13)18-14(20)10-17(2,3)16(22)23/h7-9H,6,10H2,1-5H3,(H,18,20)(H,22,23). The van der Waals surface area contributed by atoms with Gasteiger partial charge in [0.25, 0.3) is 5.91 Å². The van der Waals surface area contributed by atoms with Crippen molar-refractivity contribution in [1.82, 2.24) is 4.90 Å². The van der Waals surface area contributed by atoms with Gasteiger partial charge in [-0.05, 0) is 39.0 Å². The van der Waals surface area contributed by atoms with Crippen LogP contribution in [0.3, 0.4) is 0 Å². The van der Waals surface area contributed by atoms with E-state index < -0.39 is 17.3 Å². The van der Waals surface area contributed by atoms with Crippen LogP contribution in [0.2, 0.25) is 0 Å². The van der Waals surface area contributed by atoms with E-state index in [1.807, 2.05) is 0 Å². The fourth-order valence-electron chi connectivity index (χ4n) is 1.96. The highest BCUT2D eigenvalue weighted by Gasteiger charge is 2.30. The van der Waals surface area contributed by atoms with Gasteiger partial charge in [-0.25, -0.2) is 0 Å². The van der Waals surface area contributed by atoms with E-state index in [1.54, 1.807) is 39.2 Å². The lowest BCUT2D eigenvalue weighted by molar-refractivity contribution is -0.148. The largest absolute Gasteiger partial charge is 0.492 e. The van der Waals surface area contributed by atoms with Crippen molar-refractivity contribution in [3.05, 3.63) is 23.8 Å². The Labute approximate surface area is 141 Å². The molecule has 0 fully saturated rings. The first kappa shape index (κ1) is 19.5. The van der Waals surface area contributed by atoms with Crippen LogP contribution in [-0.4, -0.2) is 48.5 Å². The molecular formula is C17H24N2O5. The first-order valence-electron chi connectivity index (χ1n) is 7.60. The smallest absolute Gasteiger partial charge is 0.309 e. The van der Waals surface area contributed by atoms with Gasteiger partial charge in [-0.1, -0.05) is 0 Å². The van der Waals surface area contributed by atoms with Gasteiger partial charge in [0.05, 0.1) is 17.7 Å². The van der Waals surface area contributed by atoms with Crippen LogP contribution in [0.4, 0.5) is 5.69 Å². The number of hydrogen-bond donors (Lipinski definition) is 2. The highest BCUT2D eigenvalue weighted by molar-refractivity contribution is 5.98. The van der Waals surface area contributed by atoms with Crippen LogP contribution in [0.5, 0.6) is 5.75 Å².